The van der Waals surface area contributed by atoms with Crippen molar-refractivity contribution < 1.29 is 24.9 Å². The number of aliphatic carboxylic acids is 1. The molecule has 196 valence electrons. The number of carboxylic acid groups (broad SMARTS) is 2. The second kappa shape index (κ2) is 20.2. The van der Waals surface area contributed by atoms with Crippen LogP contribution in [0.5, 0.6) is 0 Å². The first-order valence-electron chi connectivity index (χ1n) is 13.1. The molecule has 0 heterocycles. The minimum atomic E-state index is -1.05. The molecule has 6 heteroatoms. The van der Waals surface area contributed by atoms with Gasteiger partial charge >= 0.3 is 11.9 Å². The molecule has 1 aromatic rings. The first-order chi connectivity index (χ1) is 17.0. The van der Waals surface area contributed by atoms with Gasteiger partial charge in [0.1, 0.15) is 0 Å². The van der Waals surface area contributed by atoms with Gasteiger partial charge in [0, 0.05) is 5.75 Å². The van der Waals surface area contributed by atoms with E-state index in [1.165, 1.54) is 94.5 Å². The molecule has 0 saturated heterocycles. The molecule has 0 aromatic heterocycles. The van der Waals surface area contributed by atoms with E-state index < -0.39 is 18.0 Å². The number of thioether (sulfide) groups is 1. The molecule has 35 heavy (non-hydrogen) atoms. The van der Waals surface area contributed by atoms with E-state index in [0.717, 1.165) is 6.42 Å². The Bertz CT molecular complexity index is 774. The van der Waals surface area contributed by atoms with Crippen molar-refractivity contribution >= 4 is 23.7 Å². The zero-order valence-corrected chi connectivity index (χ0v) is 22.1. The van der Waals surface area contributed by atoms with E-state index in [1.54, 1.807) is 12.1 Å². The number of carbonyl (C=O) groups is 2. The lowest BCUT2D eigenvalue weighted by Crippen LogP contribution is -2.15. The summed E-state index contributed by atoms with van der Waals surface area (Å²) in [5.74, 6) is -1.56. The van der Waals surface area contributed by atoms with Gasteiger partial charge in [0.05, 0.1) is 23.3 Å². The minimum absolute atomic E-state index is 0.00554. The van der Waals surface area contributed by atoms with E-state index in [1.807, 2.05) is 18.2 Å². The van der Waals surface area contributed by atoms with Crippen molar-refractivity contribution in [2.75, 3.05) is 5.75 Å². The Morgan fingerprint density at radius 3 is 2.14 bits per heavy atom. The van der Waals surface area contributed by atoms with E-state index in [0.29, 0.717) is 11.3 Å². The third-order valence-corrected chi connectivity index (χ3v) is 7.17. The lowest BCUT2D eigenvalue weighted by Gasteiger charge is -2.20. The van der Waals surface area contributed by atoms with Crippen LogP contribution in [0.25, 0.3) is 0 Å². The van der Waals surface area contributed by atoms with Crippen LogP contribution >= 0.6 is 11.8 Å². The highest BCUT2D eigenvalue weighted by Gasteiger charge is 2.20. The summed E-state index contributed by atoms with van der Waals surface area (Å²) in [6, 6.07) is 6.25. The molecular weight excluding hydrogens is 460 g/mol. The van der Waals surface area contributed by atoms with Gasteiger partial charge in [-0.15, -0.1) is 0 Å². The molecule has 0 spiro atoms. The van der Waals surface area contributed by atoms with Crippen molar-refractivity contribution in [3.8, 4) is 0 Å². The maximum atomic E-state index is 11.2. The van der Waals surface area contributed by atoms with Crippen LogP contribution in [0.2, 0.25) is 0 Å². The van der Waals surface area contributed by atoms with Crippen LogP contribution in [0.4, 0.5) is 0 Å². The van der Waals surface area contributed by atoms with E-state index in [2.05, 4.69) is 13.0 Å². The molecule has 0 aliphatic rings. The van der Waals surface area contributed by atoms with Gasteiger partial charge in [-0.05, 0) is 30.5 Å². The molecule has 0 saturated carbocycles. The first-order valence-corrected chi connectivity index (χ1v) is 14.2. The summed E-state index contributed by atoms with van der Waals surface area (Å²) in [5, 5.41) is 28.6. The molecule has 5 nitrogen and oxygen atoms in total. The molecule has 0 aliphatic heterocycles. The van der Waals surface area contributed by atoms with Gasteiger partial charge in [-0.1, -0.05) is 108 Å². The fourth-order valence-electron chi connectivity index (χ4n) is 3.85. The normalized spacial score (nSPS) is 13.4. The average Bonchev–Trinajstić information content (AvgIpc) is 2.84. The van der Waals surface area contributed by atoms with Crippen LogP contribution in [0.1, 0.15) is 112 Å². The zero-order valence-electron chi connectivity index (χ0n) is 21.2. The predicted molar refractivity (Wildman–Crippen MR) is 146 cm³/mol. The molecule has 3 N–H and O–H groups in total. The average molecular weight is 505 g/mol. The standard InChI is InChI=1S/C29H44O5S/c1-2-3-4-5-6-7-8-9-10-11-12-13-14-15-16-20-26(35-22-21-27(30)31)28(32)24-18-17-19-25(23-24)29(33)34/h14-20,23,26,28,32H,2-13,21-22H2,1H3,(H,30,31)(H,33,34)/b15-14-,20-16+/t26-,28+/m0/s1. The molecule has 0 radical (unpaired) electrons. The highest BCUT2D eigenvalue weighted by atomic mass is 32.2. The summed E-state index contributed by atoms with van der Waals surface area (Å²) in [5.41, 5.74) is 0.624. The van der Waals surface area contributed by atoms with Gasteiger partial charge in [0.15, 0.2) is 0 Å². The zero-order chi connectivity index (χ0) is 25.7. The largest absolute Gasteiger partial charge is 0.481 e. The van der Waals surface area contributed by atoms with Crippen molar-refractivity contribution in [2.45, 2.75) is 102 Å². The Balaban J connectivity index is 2.39. The minimum Gasteiger partial charge on any atom is -0.481 e. The van der Waals surface area contributed by atoms with E-state index in [4.69, 9.17) is 5.11 Å². The summed E-state index contributed by atoms with van der Waals surface area (Å²) < 4.78 is 0. The number of allylic oxidation sites excluding steroid dienone is 3. The first kappa shape index (κ1) is 31.0. The van der Waals surface area contributed by atoms with Crippen molar-refractivity contribution in [3.63, 3.8) is 0 Å². The third-order valence-electron chi connectivity index (χ3n) is 5.93. The van der Waals surface area contributed by atoms with Gasteiger partial charge < -0.3 is 15.3 Å². The van der Waals surface area contributed by atoms with Crippen LogP contribution in [0.15, 0.2) is 48.6 Å². The molecule has 0 aliphatic carbocycles. The quantitative estimate of drug-likeness (QED) is 0.117. The second-order valence-electron chi connectivity index (χ2n) is 8.99. The summed E-state index contributed by atoms with van der Waals surface area (Å²) >= 11 is 1.35. The third kappa shape index (κ3) is 15.5. The van der Waals surface area contributed by atoms with Gasteiger partial charge in [0.2, 0.25) is 0 Å². The van der Waals surface area contributed by atoms with Crippen LogP contribution in [0, 0.1) is 0 Å². The highest BCUT2D eigenvalue weighted by molar-refractivity contribution is 8.00. The maximum absolute atomic E-state index is 11.2. The molecular formula is C29H44O5S. The van der Waals surface area contributed by atoms with E-state index in [9.17, 15) is 19.8 Å². The molecule has 1 aromatic carbocycles. The second-order valence-corrected chi connectivity index (χ2v) is 10.3. The van der Waals surface area contributed by atoms with Crippen LogP contribution in [0.3, 0.4) is 0 Å². The monoisotopic (exact) mass is 504 g/mol. The number of benzene rings is 1. The van der Waals surface area contributed by atoms with E-state index >= 15 is 0 Å². The molecule has 1 rings (SSSR count). The van der Waals surface area contributed by atoms with Gasteiger partial charge in [-0.25, -0.2) is 4.79 Å². The maximum Gasteiger partial charge on any atom is 0.335 e. The van der Waals surface area contributed by atoms with Crippen LogP contribution in [-0.4, -0.2) is 38.3 Å². The van der Waals surface area contributed by atoms with Gasteiger partial charge in [0.25, 0.3) is 0 Å². The van der Waals surface area contributed by atoms with Crippen LogP contribution < -0.4 is 0 Å². The smallest absolute Gasteiger partial charge is 0.335 e. The number of aliphatic hydroxyl groups excluding tert-OH is 1. The van der Waals surface area contributed by atoms with Gasteiger partial charge in [-0.2, -0.15) is 11.8 Å². The molecule has 0 bridgehead atoms. The Hall–Kier alpha value is -2.05. The predicted octanol–water partition coefficient (Wildman–Crippen LogP) is 7.81. The number of carboxylic acids is 2. The van der Waals surface area contributed by atoms with Gasteiger partial charge in [-0.3, -0.25) is 4.79 Å². The summed E-state index contributed by atoms with van der Waals surface area (Å²) in [6.07, 6.45) is 22.5. The number of rotatable bonds is 21. The number of hydrogen-bond acceptors (Lipinski definition) is 4. The summed E-state index contributed by atoms with van der Waals surface area (Å²) in [7, 11) is 0. The van der Waals surface area contributed by atoms with Crippen molar-refractivity contribution in [3.05, 3.63) is 59.7 Å². The van der Waals surface area contributed by atoms with Crippen LogP contribution in [-0.2, 0) is 4.79 Å². The fraction of sp³-hybridized carbons (Fsp3) is 0.586. The Labute approximate surface area is 215 Å². The van der Waals surface area contributed by atoms with Crippen molar-refractivity contribution in [2.24, 2.45) is 0 Å². The number of aliphatic hydroxyl groups is 1. The Kier molecular flexibility index (Phi) is 17.9. The fourth-order valence-corrected chi connectivity index (χ4v) is 4.96. The van der Waals surface area contributed by atoms with E-state index in [-0.39, 0.29) is 17.2 Å². The number of hydrogen-bond donors (Lipinski definition) is 3. The lowest BCUT2D eigenvalue weighted by atomic mass is 10.0. The Morgan fingerprint density at radius 2 is 1.54 bits per heavy atom. The molecule has 0 fully saturated rings. The number of aromatic carboxylic acids is 1. The van der Waals surface area contributed by atoms with Crippen molar-refractivity contribution in [1.29, 1.82) is 0 Å². The number of unbranched alkanes of at least 4 members (excludes halogenated alkanes) is 11. The topological polar surface area (TPSA) is 94.8 Å². The lowest BCUT2D eigenvalue weighted by molar-refractivity contribution is -0.136. The molecule has 0 unspecified atom stereocenters. The SMILES string of the molecule is CCCCCCCCCCCCC/C=C\C=C\[C@H](SCCC(=O)O)[C@H](O)c1cccc(C(=O)O)c1. The summed E-state index contributed by atoms with van der Waals surface area (Å²) in [6.45, 7) is 2.25. The highest BCUT2D eigenvalue weighted by Crippen LogP contribution is 2.29. The Morgan fingerprint density at radius 1 is 0.914 bits per heavy atom. The summed E-state index contributed by atoms with van der Waals surface area (Å²) in [4.78, 5) is 22.1. The molecule has 0 amide bonds. The molecule has 2 atom stereocenters. The van der Waals surface area contributed by atoms with Crippen molar-refractivity contribution in [1.82, 2.24) is 0 Å².